The van der Waals surface area contributed by atoms with Gasteiger partial charge in [0.1, 0.15) is 0 Å². The van der Waals surface area contributed by atoms with Gasteiger partial charge in [-0.1, -0.05) is 37.3 Å². The van der Waals surface area contributed by atoms with Crippen LogP contribution in [0.25, 0.3) is 5.57 Å². The number of piperidine rings is 1. The third kappa shape index (κ3) is 4.14. The van der Waals surface area contributed by atoms with Crippen molar-refractivity contribution in [2.75, 3.05) is 13.1 Å². The number of allylic oxidation sites excluding steroid dienone is 4. The Morgan fingerprint density at radius 1 is 1.19 bits per heavy atom. The van der Waals surface area contributed by atoms with E-state index in [4.69, 9.17) is 0 Å². The van der Waals surface area contributed by atoms with Crippen molar-refractivity contribution in [2.45, 2.75) is 50.9 Å². The van der Waals surface area contributed by atoms with Crippen molar-refractivity contribution < 1.29 is 13.2 Å². The fraction of sp³-hybridized carbons (Fsp3) is 0.545. The van der Waals surface area contributed by atoms with Gasteiger partial charge in [0.15, 0.2) is 0 Å². The van der Waals surface area contributed by atoms with Gasteiger partial charge < -0.3 is 10.6 Å². The van der Waals surface area contributed by atoms with Crippen LogP contribution in [-0.2, 0) is 6.18 Å². The van der Waals surface area contributed by atoms with Crippen LogP contribution in [0.3, 0.4) is 0 Å². The van der Waals surface area contributed by atoms with Crippen LogP contribution in [0.2, 0.25) is 0 Å². The summed E-state index contributed by atoms with van der Waals surface area (Å²) < 4.78 is 38.9. The lowest BCUT2D eigenvalue weighted by atomic mass is 9.76. The molecule has 146 valence electrons. The van der Waals surface area contributed by atoms with Crippen molar-refractivity contribution in [1.82, 2.24) is 10.6 Å². The predicted molar refractivity (Wildman–Crippen MR) is 102 cm³/mol. The maximum absolute atomic E-state index is 13.0. The molecule has 1 aromatic rings. The summed E-state index contributed by atoms with van der Waals surface area (Å²) in [6.07, 6.45) is 6.49. The van der Waals surface area contributed by atoms with Crippen LogP contribution in [0, 0.1) is 11.3 Å². The highest BCUT2D eigenvalue weighted by molar-refractivity contribution is 5.75. The summed E-state index contributed by atoms with van der Waals surface area (Å²) in [5, 5.41) is 7.21. The first-order valence-corrected chi connectivity index (χ1v) is 9.89. The average Bonchev–Trinajstić information content (AvgIpc) is 3.43. The van der Waals surface area contributed by atoms with Crippen LogP contribution in [0.1, 0.15) is 43.7 Å². The Balaban J connectivity index is 1.39. The van der Waals surface area contributed by atoms with Gasteiger partial charge in [0, 0.05) is 12.1 Å². The molecule has 1 saturated heterocycles. The molecule has 2 N–H and O–H groups in total. The number of halogens is 3. The Morgan fingerprint density at radius 3 is 2.63 bits per heavy atom. The highest BCUT2D eigenvalue weighted by Crippen LogP contribution is 2.51. The van der Waals surface area contributed by atoms with E-state index < -0.39 is 11.7 Å². The maximum atomic E-state index is 13.0. The van der Waals surface area contributed by atoms with Gasteiger partial charge in [0.25, 0.3) is 0 Å². The third-order valence-electron chi connectivity index (χ3n) is 6.36. The van der Waals surface area contributed by atoms with Gasteiger partial charge in [-0.25, -0.2) is 0 Å². The van der Waals surface area contributed by atoms with Crippen molar-refractivity contribution in [2.24, 2.45) is 11.3 Å². The molecule has 1 unspecified atom stereocenters. The minimum Gasteiger partial charge on any atom is -0.317 e. The van der Waals surface area contributed by atoms with Crippen LogP contribution < -0.4 is 10.6 Å². The summed E-state index contributed by atoms with van der Waals surface area (Å²) in [5.41, 5.74) is 1.04. The van der Waals surface area contributed by atoms with Gasteiger partial charge in [-0.15, -0.1) is 0 Å². The Hall–Kier alpha value is -1.59. The van der Waals surface area contributed by atoms with Crippen LogP contribution >= 0.6 is 0 Å². The van der Waals surface area contributed by atoms with Gasteiger partial charge >= 0.3 is 6.18 Å². The molecule has 0 aromatic heterocycles. The Kier molecular flexibility index (Phi) is 4.93. The van der Waals surface area contributed by atoms with E-state index in [1.165, 1.54) is 31.4 Å². The zero-order valence-electron chi connectivity index (χ0n) is 15.7. The molecular formula is C22H27F3N2. The van der Waals surface area contributed by atoms with Crippen LogP contribution in [-0.4, -0.2) is 25.2 Å². The number of hydrogen-bond acceptors (Lipinski definition) is 2. The molecule has 4 rings (SSSR count). The topological polar surface area (TPSA) is 24.1 Å². The second kappa shape index (κ2) is 7.10. The van der Waals surface area contributed by atoms with Crippen molar-refractivity contribution in [3.8, 4) is 0 Å². The highest BCUT2D eigenvalue weighted by atomic mass is 19.4. The summed E-state index contributed by atoms with van der Waals surface area (Å²) in [5.74, 6) is 0.614. The highest BCUT2D eigenvalue weighted by Gasteiger charge is 2.49. The second-order valence-electron chi connectivity index (χ2n) is 8.42. The molecule has 1 aliphatic heterocycles. The molecule has 1 aromatic carbocycles. The fourth-order valence-corrected chi connectivity index (χ4v) is 4.51. The number of rotatable bonds is 4. The number of alkyl halides is 3. The molecule has 3 aliphatic rings. The van der Waals surface area contributed by atoms with Crippen molar-refractivity contribution in [1.29, 1.82) is 0 Å². The maximum Gasteiger partial charge on any atom is 0.416 e. The van der Waals surface area contributed by atoms with Crippen LogP contribution in [0.5, 0.6) is 0 Å². The van der Waals surface area contributed by atoms with Gasteiger partial charge in [-0.05, 0) is 73.4 Å². The normalized spacial score (nSPS) is 31.6. The number of hydrogen-bond donors (Lipinski definition) is 2. The van der Waals surface area contributed by atoms with Crippen LogP contribution in [0.15, 0.2) is 42.5 Å². The van der Waals surface area contributed by atoms with Gasteiger partial charge in [0.2, 0.25) is 0 Å². The quantitative estimate of drug-likeness (QED) is 0.790. The zero-order chi connectivity index (χ0) is 19.1. The molecule has 0 amide bonds. The first-order valence-electron chi connectivity index (χ1n) is 9.89. The predicted octanol–water partition coefficient (Wildman–Crippen LogP) is 4.79. The number of benzene rings is 1. The minimum atomic E-state index is -4.30. The van der Waals surface area contributed by atoms with E-state index in [9.17, 15) is 13.2 Å². The van der Waals surface area contributed by atoms with E-state index in [0.29, 0.717) is 23.6 Å². The molecule has 0 bridgehead atoms. The molecule has 2 aliphatic carbocycles. The second-order valence-corrected chi connectivity index (χ2v) is 8.42. The molecular weight excluding hydrogens is 349 g/mol. The molecule has 2 fully saturated rings. The summed E-state index contributed by atoms with van der Waals surface area (Å²) in [7, 11) is 0. The minimum absolute atomic E-state index is 0.0930. The van der Waals surface area contributed by atoms with Gasteiger partial charge in [0.05, 0.1) is 5.56 Å². The summed E-state index contributed by atoms with van der Waals surface area (Å²) >= 11 is 0. The molecule has 1 saturated carbocycles. The lowest BCUT2D eigenvalue weighted by Gasteiger charge is -2.30. The molecule has 1 heterocycles. The Labute approximate surface area is 158 Å². The van der Waals surface area contributed by atoms with E-state index in [-0.39, 0.29) is 5.41 Å². The third-order valence-corrected chi connectivity index (χ3v) is 6.36. The summed E-state index contributed by atoms with van der Waals surface area (Å²) in [6.45, 7) is 4.46. The first kappa shape index (κ1) is 18.8. The van der Waals surface area contributed by atoms with Gasteiger partial charge in [-0.3, -0.25) is 0 Å². The molecule has 27 heavy (non-hydrogen) atoms. The zero-order valence-corrected chi connectivity index (χ0v) is 15.7. The van der Waals surface area contributed by atoms with E-state index in [2.05, 4.69) is 29.7 Å². The van der Waals surface area contributed by atoms with Crippen LogP contribution in [0.4, 0.5) is 13.2 Å². The monoisotopic (exact) mass is 376 g/mol. The summed E-state index contributed by atoms with van der Waals surface area (Å²) in [6, 6.07) is 6.81. The average molecular weight is 376 g/mol. The Bertz CT molecular complexity index is 746. The fourth-order valence-electron chi connectivity index (χ4n) is 4.51. The standard InChI is InChI=1S/C22H27F3N2/c1-21(19-14-20(19)27-18-7-11-26-12-8-18)9-5-15(6-10-21)16-3-2-4-17(13-16)22(23,24)25/h2-6,9,13,18-20,26-27H,7-8,10-12,14H2,1H3/t19-,20-,21?/m0/s1. The smallest absolute Gasteiger partial charge is 0.317 e. The molecule has 5 heteroatoms. The molecule has 0 radical (unpaired) electrons. The largest absolute Gasteiger partial charge is 0.416 e. The molecule has 0 spiro atoms. The van der Waals surface area contributed by atoms with Crippen molar-refractivity contribution in [3.05, 3.63) is 53.6 Å². The molecule has 2 nitrogen and oxygen atoms in total. The van der Waals surface area contributed by atoms with Gasteiger partial charge in [-0.2, -0.15) is 13.2 Å². The van der Waals surface area contributed by atoms with Crippen molar-refractivity contribution in [3.63, 3.8) is 0 Å². The van der Waals surface area contributed by atoms with E-state index >= 15 is 0 Å². The first-order chi connectivity index (χ1) is 12.9. The summed E-state index contributed by atoms with van der Waals surface area (Å²) in [4.78, 5) is 0. The SMILES string of the molecule is CC1([C@H]2C[C@@H]2NC2CCNCC2)C=CC(c2cccc(C(F)(F)F)c2)=CC1. The van der Waals surface area contributed by atoms with Crippen molar-refractivity contribution >= 4 is 5.57 Å². The van der Waals surface area contributed by atoms with E-state index in [0.717, 1.165) is 31.1 Å². The lowest BCUT2D eigenvalue weighted by molar-refractivity contribution is -0.137. The molecule has 3 atom stereocenters. The Morgan fingerprint density at radius 2 is 1.96 bits per heavy atom. The number of nitrogens with one attached hydrogen (secondary N) is 2. The van der Waals surface area contributed by atoms with E-state index in [1.54, 1.807) is 6.07 Å². The lowest BCUT2D eigenvalue weighted by Crippen LogP contribution is -2.42. The van der Waals surface area contributed by atoms with E-state index in [1.807, 2.05) is 6.08 Å².